The summed E-state index contributed by atoms with van der Waals surface area (Å²) in [5.41, 5.74) is 3.02. The Kier molecular flexibility index (Phi) is 3.10. The van der Waals surface area contributed by atoms with E-state index in [0.717, 1.165) is 37.7 Å². The molecule has 4 nitrogen and oxygen atoms in total. The van der Waals surface area contributed by atoms with Crippen LogP contribution in [0.5, 0.6) is 0 Å². The lowest BCUT2D eigenvalue weighted by molar-refractivity contribution is 0.111. The molecule has 0 radical (unpaired) electrons. The third kappa shape index (κ3) is 1.67. The number of fused-ring (bicyclic) bond motifs is 1. The van der Waals surface area contributed by atoms with E-state index in [4.69, 9.17) is 0 Å². The summed E-state index contributed by atoms with van der Waals surface area (Å²) >= 11 is 0. The number of aldehydes is 1. The van der Waals surface area contributed by atoms with Gasteiger partial charge in [-0.25, -0.2) is 0 Å². The Labute approximate surface area is 96.2 Å². The van der Waals surface area contributed by atoms with Gasteiger partial charge < -0.3 is 0 Å². The quantitative estimate of drug-likeness (QED) is 0.727. The standard InChI is InChI=1S/C12H19N3O/c1-4-5-10-12-9(8-16)13-15(3)11(12)6-7-14(10)2/h8,10H,4-7H2,1-3H3. The fraction of sp³-hybridized carbons (Fsp3) is 0.667. The van der Waals surface area contributed by atoms with Gasteiger partial charge in [0.05, 0.1) is 0 Å². The first-order valence-electron chi connectivity index (χ1n) is 5.90. The molecule has 1 aromatic heterocycles. The van der Waals surface area contributed by atoms with E-state index in [1.54, 1.807) is 0 Å². The maximum Gasteiger partial charge on any atom is 0.170 e. The number of carbonyl (C=O) groups excluding carboxylic acids is 1. The van der Waals surface area contributed by atoms with Crippen LogP contribution in [0.4, 0.5) is 0 Å². The van der Waals surface area contributed by atoms with Crippen LogP contribution >= 0.6 is 0 Å². The van der Waals surface area contributed by atoms with Crippen LogP contribution < -0.4 is 0 Å². The molecule has 2 rings (SSSR count). The highest BCUT2D eigenvalue weighted by Crippen LogP contribution is 2.33. The van der Waals surface area contributed by atoms with E-state index >= 15 is 0 Å². The maximum atomic E-state index is 11.1. The van der Waals surface area contributed by atoms with Crippen molar-refractivity contribution in [3.8, 4) is 0 Å². The Bertz CT molecular complexity index is 397. The van der Waals surface area contributed by atoms with Crippen LogP contribution in [-0.2, 0) is 13.5 Å². The third-order valence-electron chi connectivity index (χ3n) is 3.48. The molecule has 0 spiro atoms. The predicted octanol–water partition coefficient (Wildman–Crippen LogP) is 1.56. The minimum absolute atomic E-state index is 0.364. The molecule has 0 N–H and O–H groups in total. The molecule has 1 aromatic rings. The Hall–Kier alpha value is -1.16. The van der Waals surface area contributed by atoms with Crippen LogP contribution in [0.3, 0.4) is 0 Å². The molecule has 0 saturated heterocycles. The van der Waals surface area contributed by atoms with Gasteiger partial charge in [0.25, 0.3) is 0 Å². The average Bonchev–Trinajstić information content (AvgIpc) is 2.60. The summed E-state index contributed by atoms with van der Waals surface area (Å²) in [7, 11) is 4.06. The van der Waals surface area contributed by atoms with Crippen molar-refractivity contribution in [3.63, 3.8) is 0 Å². The number of rotatable bonds is 3. The summed E-state index contributed by atoms with van der Waals surface area (Å²) in [6, 6.07) is 0.364. The van der Waals surface area contributed by atoms with Crippen LogP contribution in [0.2, 0.25) is 0 Å². The Morgan fingerprint density at radius 2 is 2.25 bits per heavy atom. The van der Waals surface area contributed by atoms with Crippen LogP contribution in [0, 0.1) is 0 Å². The van der Waals surface area contributed by atoms with Crippen molar-refractivity contribution < 1.29 is 4.79 Å². The number of hydrogen-bond acceptors (Lipinski definition) is 3. The highest BCUT2D eigenvalue weighted by molar-refractivity contribution is 5.75. The summed E-state index contributed by atoms with van der Waals surface area (Å²) in [4.78, 5) is 13.4. The number of nitrogens with zero attached hydrogens (tertiary/aromatic N) is 3. The molecule has 4 heteroatoms. The van der Waals surface area contributed by atoms with Crippen molar-refractivity contribution in [1.29, 1.82) is 0 Å². The zero-order valence-electron chi connectivity index (χ0n) is 10.2. The molecule has 0 fully saturated rings. The zero-order valence-corrected chi connectivity index (χ0v) is 10.2. The molecule has 0 aromatic carbocycles. The van der Waals surface area contributed by atoms with Crippen LogP contribution in [-0.4, -0.2) is 34.6 Å². The molecule has 1 unspecified atom stereocenters. The maximum absolute atomic E-state index is 11.1. The van der Waals surface area contributed by atoms with Crippen molar-refractivity contribution in [2.75, 3.05) is 13.6 Å². The Morgan fingerprint density at radius 3 is 2.88 bits per heavy atom. The molecule has 0 bridgehead atoms. The highest BCUT2D eigenvalue weighted by Gasteiger charge is 2.30. The lowest BCUT2D eigenvalue weighted by atomic mass is 9.93. The topological polar surface area (TPSA) is 38.1 Å². The summed E-state index contributed by atoms with van der Waals surface area (Å²) in [6.07, 6.45) is 4.10. The first kappa shape index (κ1) is 11.3. The molecule has 0 aliphatic carbocycles. The molecule has 0 saturated carbocycles. The molecule has 2 heterocycles. The minimum Gasteiger partial charge on any atom is -0.299 e. The second-order valence-corrected chi connectivity index (χ2v) is 4.52. The van der Waals surface area contributed by atoms with Gasteiger partial charge in [-0.3, -0.25) is 14.4 Å². The van der Waals surface area contributed by atoms with E-state index in [1.165, 1.54) is 5.69 Å². The van der Waals surface area contributed by atoms with E-state index < -0.39 is 0 Å². The van der Waals surface area contributed by atoms with Gasteiger partial charge in [0.2, 0.25) is 0 Å². The van der Waals surface area contributed by atoms with E-state index in [9.17, 15) is 4.79 Å². The lowest BCUT2D eigenvalue weighted by Gasteiger charge is -2.32. The van der Waals surface area contributed by atoms with Gasteiger partial charge in [0.15, 0.2) is 6.29 Å². The summed E-state index contributed by atoms with van der Waals surface area (Å²) < 4.78 is 1.87. The normalized spacial score (nSPS) is 20.8. The third-order valence-corrected chi connectivity index (χ3v) is 3.48. The van der Waals surface area contributed by atoms with Crippen molar-refractivity contribution in [3.05, 3.63) is 17.0 Å². The van der Waals surface area contributed by atoms with Gasteiger partial charge in [-0.2, -0.15) is 5.10 Å². The van der Waals surface area contributed by atoms with Crippen molar-refractivity contribution in [2.24, 2.45) is 7.05 Å². The van der Waals surface area contributed by atoms with Crippen LogP contribution in [0.25, 0.3) is 0 Å². The van der Waals surface area contributed by atoms with Crippen LogP contribution in [0.1, 0.15) is 47.6 Å². The van der Waals surface area contributed by atoms with E-state index in [0.29, 0.717) is 11.7 Å². The zero-order chi connectivity index (χ0) is 11.7. The SMILES string of the molecule is CCCC1c2c(C=O)nn(C)c2CCN1C. The van der Waals surface area contributed by atoms with Crippen LogP contribution in [0.15, 0.2) is 0 Å². The van der Waals surface area contributed by atoms with Gasteiger partial charge in [0, 0.05) is 37.3 Å². The molecular formula is C12H19N3O. The largest absolute Gasteiger partial charge is 0.299 e. The second kappa shape index (κ2) is 4.37. The molecule has 1 atom stereocenters. The molecule has 88 valence electrons. The first-order chi connectivity index (χ1) is 7.69. The molecule has 0 amide bonds. The summed E-state index contributed by atoms with van der Waals surface area (Å²) in [5, 5.41) is 4.30. The monoisotopic (exact) mass is 221 g/mol. The fourth-order valence-corrected chi connectivity index (χ4v) is 2.64. The molecule has 1 aliphatic rings. The summed E-state index contributed by atoms with van der Waals surface area (Å²) in [6.45, 7) is 3.23. The lowest BCUT2D eigenvalue weighted by Crippen LogP contribution is -2.32. The first-order valence-corrected chi connectivity index (χ1v) is 5.90. The number of aromatic nitrogens is 2. The van der Waals surface area contributed by atoms with Crippen molar-refractivity contribution in [1.82, 2.24) is 14.7 Å². The molecule has 16 heavy (non-hydrogen) atoms. The average molecular weight is 221 g/mol. The van der Waals surface area contributed by atoms with Gasteiger partial charge in [-0.1, -0.05) is 13.3 Å². The number of hydrogen-bond donors (Lipinski definition) is 0. The number of aryl methyl sites for hydroxylation is 1. The highest BCUT2D eigenvalue weighted by atomic mass is 16.1. The van der Waals surface area contributed by atoms with E-state index in [2.05, 4.69) is 24.0 Å². The van der Waals surface area contributed by atoms with Crippen molar-refractivity contribution in [2.45, 2.75) is 32.2 Å². The van der Waals surface area contributed by atoms with Gasteiger partial charge in [0.1, 0.15) is 5.69 Å². The van der Waals surface area contributed by atoms with Gasteiger partial charge in [-0.05, 0) is 13.5 Å². The van der Waals surface area contributed by atoms with E-state index in [-0.39, 0.29) is 0 Å². The fourth-order valence-electron chi connectivity index (χ4n) is 2.64. The van der Waals surface area contributed by atoms with E-state index in [1.807, 2.05) is 11.7 Å². The number of likely N-dealkylation sites (N-methyl/N-ethyl adjacent to an activating group) is 1. The predicted molar refractivity (Wildman–Crippen MR) is 62.6 cm³/mol. The smallest absolute Gasteiger partial charge is 0.170 e. The Balaban J connectivity index is 2.47. The van der Waals surface area contributed by atoms with Crippen molar-refractivity contribution >= 4 is 6.29 Å². The summed E-state index contributed by atoms with van der Waals surface area (Å²) in [5.74, 6) is 0. The van der Waals surface area contributed by atoms with Gasteiger partial charge in [-0.15, -0.1) is 0 Å². The minimum atomic E-state index is 0.364. The second-order valence-electron chi connectivity index (χ2n) is 4.52. The Morgan fingerprint density at radius 1 is 1.50 bits per heavy atom. The van der Waals surface area contributed by atoms with Gasteiger partial charge >= 0.3 is 0 Å². The molecular weight excluding hydrogens is 202 g/mol. The molecule has 1 aliphatic heterocycles. The number of carbonyl (C=O) groups is 1.